The Bertz CT molecular complexity index is 208. The molecule has 0 spiro atoms. The molecule has 0 aliphatic rings. The molecule has 0 rings (SSSR count). The van der Waals surface area contributed by atoms with Crippen molar-refractivity contribution < 1.29 is 12.3 Å². The molecule has 68 valence electrons. The van der Waals surface area contributed by atoms with Crippen molar-refractivity contribution >= 4 is 18.4 Å². The summed E-state index contributed by atoms with van der Waals surface area (Å²) in [6.45, 7) is 5.86. The fraction of sp³-hybridized carbons (Fsp3) is 1.00. The predicted octanol–water partition coefficient (Wildman–Crippen LogP) is 1.58. The maximum atomic E-state index is 10.7. The van der Waals surface area contributed by atoms with E-state index in [1.807, 2.05) is 20.0 Å². The summed E-state index contributed by atoms with van der Waals surface area (Å²) in [6, 6.07) is 0.889. The van der Waals surface area contributed by atoms with Crippen molar-refractivity contribution in [2.24, 2.45) is 0 Å². The van der Waals surface area contributed by atoms with Crippen LogP contribution in [0.25, 0.3) is 0 Å². The van der Waals surface area contributed by atoms with Crippen molar-refractivity contribution in [2.75, 3.05) is 6.26 Å². The lowest BCUT2D eigenvalue weighted by Gasteiger charge is -2.19. The second kappa shape index (κ2) is 3.69. The zero-order valence-corrected chi connectivity index (χ0v) is 9.36. The van der Waals surface area contributed by atoms with Crippen molar-refractivity contribution in [1.82, 2.24) is 0 Å². The first-order valence-electron chi connectivity index (χ1n) is 3.67. The molecular weight excluding hydrogens is 180 g/mol. The molecule has 0 saturated carbocycles. The molecule has 0 amide bonds. The standard InChI is InChI=1S/C6H16O3SSi/c1-5-6-11(3,4)9-10(2,7)8/h5-6H2,1-4H3. The summed E-state index contributed by atoms with van der Waals surface area (Å²) in [5, 5.41) is 0. The molecule has 0 radical (unpaired) electrons. The lowest BCUT2D eigenvalue weighted by Crippen LogP contribution is -2.32. The van der Waals surface area contributed by atoms with Gasteiger partial charge in [-0.2, -0.15) is 0 Å². The maximum Gasteiger partial charge on any atom is 0.254 e. The lowest BCUT2D eigenvalue weighted by atomic mass is 10.6. The van der Waals surface area contributed by atoms with Crippen LogP contribution in [0.1, 0.15) is 13.3 Å². The van der Waals surface area contributed by atoms with Gasteiger partial charge in [0.1, 0.15) is 0 Å². The second-order valence-corrected chi connectivity index (χ2v) is 9.39. The van der Waals surface area contributed by atoms with E-state index in [4.69, 9.17) is 3.87 Å². The highest BCUT2D eigenvalue weighted by Crippen LogP contribution is 2.15. The normalized spacial score (nSPS) is 13.5. The monoisotopic (exact) mass is 196 g/mol. The van der Waals surface area contributed by atoms with Crippen molar-refractivity contribution in [1.29, 1.82) is 0 Å². The lowest BCUT2D eigenvalue weighted by molar-refractivity contribution is 0.487. The summed E-state index contributed by atoms with van der Waals surface area (Å²) in [4.78, 5) is 0. The van der Waals surface area contributed by atoms with Crippen LogP contribution in [-0.2, 0) is 14.0 Å². The van der Waals surface area contributed by atoms with E-state index in [1.165, 1.54) is 0 Å². The van der Waals surface area contributed by atoms with Crippen LogP contribution >= 0.6 is 0 Å². The van der Waals surface area contributed by atoms with Crippen LogP contribution in [0.3, 0.4) is 0 Å². The Morgan fingerprint density at radius 2 is 1.82 bits per heavy atom. The summed E-state index contributed by atoms with van der Waals surface area (Å²) < 4.78 is 26.4. The number of hydrogen-bond donors (Lipinski definition) is 0. The van der Waals surface area contributed by atoms with Crippen LogP contribution in [0.2, 0.25) is 19.1 Å². The minimum atomic E-state index is -3.24. The molecule has 0 aromatic carbocycles. The smallest absolute Gasteiger partial charge is 0.254 e. The maximum absolute atomic E-state index is 10.7. The summed E-state index contributed by atoms with van der Waals surface area (Å²) in [5.74, 6) is 0. The quantitative estimate of drug-likeness (QED) is 0.641. The number of hydrogen-bond acceptors (Lipinski definition) is 3. The first-order valence-corrected chi connectivity index (χ1v) is 8.60. The van der Waals surface area contributed by atoms with Gasteiger partial charge in [0.25, 0.3) is 10.1 Å². The Labute approximate surface area is 70.0 Å². The topological polar surface area (TPSA) is 43.4 Å². The van der Waals surface area contributed by atoms with Crippen LogP contribution in [0.5, 0.6) is 0 Å². The molecule has 0 saturated heterocycles. The molecule has 0 unspecified atom stereocenters. The molecule has 0 bridgehead atoms. The van der Waals surface area contributed by atoms with E-state index in [9.17, 15) is 8.42 Å². The van der Waals surface area contributed by atoms with E-state index in [1.54, 1.807) is 0 Å². The highest BCUT2D eigenvalue weighted by atomic mass is 32.2. The van der Waals surface area contributed by atoms with Crippen molar-refractivity contribution in [3.63, 3.8) is 0 Å². The molecule has 11 heavy (non-hydrogen) atoms. The molecule has 0 aliphatic carbocycles. The van der Waals surface area contributed by atoms with Crippen molar-refractivity contribution in [3.8, 4) is 0 Å². The van der Waals surface area contributed by atoms with Crippen LogP contribution in [0.15, 0.2) is 0 Å². The highest BCUT2D eigenvalue weighted by molar-refractivity contribution is 7.87. The van der Waals surface area contributed by atoms with Gasteiger partial charge in [0.2, 0.25) is 8.32 Å². The third-order valence-corrected chi connectivity index (χ3v) is 5.95. The zero-order valence-electron chi connectivity index (χ0n) is 7.55. The van der Waals surface area contributed by atoms with Crippen LogP contribution in [0.4, 0.5) is 0 Å². The second-order valence-electron chi connectivity index (χ2n) is 3.30. The molecule has 5 heteroatoms. The molecule has 3 nitrogen and oxygen atoms in total. The summed E-state index contributed by atoms with van der Waals surface area (Å²) in [5.41, 5.74) is 0. The Morgan fingerprint density at radius 3 is 2.09 bits per heavy atom. The van der Waals surface area contributed by atoms with Crippen molar-refractivity contribution in [2.45, 2.75) is 32.5 Å². The van der Waals surface area contributed by atoms with Gasteiger partial charge >= 0.3 is 0 Å². The van der Waals surface area contributed by atoms with E-state index in [0.29, 0.717) is 0 Å². The SMILES string of the molecule is CCC[Si](C)(C)OS(C)(=O)=O. The molecular formula is C6H16O3SSi. The summed E-state index contributed by atoms with van der Waals surface area (Å²) in [6.07, 6.45) is 2.09. The van der Waals surface area contributed by atoms with E-state index in [-0.39, 0.29) is 0 Å². The fourth-order valence-corrected chi connectivity index (χ4v) is 5.87. The minimum Gasteiger partial charge on any atom is -0.315 e. The highest BCUT2D eigenvalue weighted by Gasteiger charge is 2.25. The average Bonchev–Trinajstić information content (AvgIpc) is 1.55. The summed E-state index contributed by atoms with van der Waals surface area (Å²) in [7, 11) is -5.17. The minimum absolute atomic E-state index is 0.889. The van der Waals surface area contributed by atoms with Crippen LogP contribution < -0.4 is 0 Å². The Hall–Kier alpha value is 0.127. The molecule has 0 atom stereocenters. The van der Waals surface area contributed by atoms with Gasteiger partial charge in [0.05, 0.1) is 6.26 Å². The van der Waals surface area contributed by atoms with E-state index in [0.717, 1.165) is 18.7 Å². The molecule has 0 aromatic heterocycles. The average molecular weight is 196 g/mol. The van der Waals surface area contributed by atoms with Gasteiger partial charge in [-0.15, -0.1) is 0 Å². The molecule has 0 heterocycles. The van der Waals surface area contributed by atoms with E-state index in [2.05, 4.69) is 0 Å². The zero-order chi connectivity index (χ0) is 9.12. The Balaban J connectivity index is 4.13. The molecule has 0 aliphatic heterocycles. The number of rotatable bonds is 4. The molecule has 0 aromatic rings. The van der Waals surface area contributed by atoms with Gasteiger partial charge in [-0.1, -0.05) is 13.3 Å². The van der Waals surface area contributed by atoms with Gasteiger partial charge in [0, 0.05) is 0 Å². The van der Waals surface area contributed by atoms with Gasteiger partial charge in [-0.3, -0.25) is 0 Å². The Morgan fingerprint density at radius 1 is 1.36 bits per heavy atom. The fourth-order valence-electron chi connectivity index (χ4n) is 1.05. The first-order chi connectivity index (χ1) is 4.77. The van der Waals surface area contributed by atoms with Crippen LogP contribution in [0, 0.1) is 0 Å². The van der Waals surface area contributed by atoms with Gasteiger partial charge in [0.15, 0.2) is 0 Å². The first kappa shape index (κ1) is 11.1. The van der Waals surface area contributed by atoms with Crippen molar-refractivity contribution in [3.05, 3.63) is 0 Å². The summed E-state index contributed by atoms with van der Waals surface area (Å²) >= 11 is 0. The molecule has 0 fully saturated rings. The Kier molecular flexibility index (Phi) is 3.73. The third kappa shape index (κ3) is 6.52. The van der Waals surface area contributed by atoms with Crippen LogP contribution in [-0.4, -0.2) is 23.0 Å². The largest absolute Gasteiger partial charge is 0.315 e. The molecule has 0 N–H and O–H groups in total. The van der Waals surface area contributed by atoms with E-state index < -0.39 is 18.4 Å². The van der Waals surface area contributed by atoms with E-state index >= 15 is 0 Å². The third-order valence-electron chi connectivity index (χ3n) is 1.23. The van der Waals surface area contributed by atoms with Gasteiger partial charge in [-0.05, 0) is 19.1 Å². The van der Waals surface area contributed by atoms with Gasteiger partial charge < -0.3 is 3.87 Å². The van der Waals surface area contributed by atoms with Gasteiger partial charge in [-0.25, -0.2) is 8.42 Å². The predicted molar refractivity (Wildman–Crippen MR) is 48.5 cm³/mol.